The Balaban J connectivity index is 2.20. The molecule has 0 radical (unpaired) electrons. The third kappa shape index (κ3) is 3.28. The number of hydrogen-bond acceptors (Lipinski definition) is 4. The van der Waals surface area contributed by atoms with Gasteiger partial charge < -0.3 is 0 Å². The van der Waals surface area contributed by atoms with E-state index < -0.39 is 0 Å². The maximum atomic E-state index is 12.9. The van der Waals surface area contributed by atoms with Crippen LogP contribution in [0, 0.1) is 0 Å². The average molecular weight is 407 g/mol. The van der Waals surface area contributed by atoms with Gasteiger partial charge in [-0.25, -0.2) is 0 Å². The van der Waals surface area contributed by atoms with Crippen LogP contribution in [0.15, 0.2) is 45.3 Å². The molecule has 7 heteroatoms. The van der Waals surface area contributed by atoms with Gasteiger partial charge in [-0.2, -0.15) is 0 Å². The van der Waals surface area contributed by atoms with E-state index in [1.165, 1.54) is 0 Å². The molecular weight excluding hydrogens is 388 g/mol. The second-order valence-corrected chi connectivity index (χ2v) is 7.67. The molecule has 0 atom stereocenters. The number of halogens is 1. The first-order valence-electron chi connectivity index (χ1n) is 7.96. The number of nitrogens with zero attached hydrogens (tertiary/aromatic N) is 4. The van der Waals surface area contributed by atoms with Crippen LogP contribution < -0.4 is 5.56 Å². The van der Waals surface area contributed by atoms with Gasteiger partial charge in [0.05, 0.1) is 10.9 Å². The molecule has 0 unspecified atom stereocenters. The number of thioether (sulfide) groups is 1. The van der Waals surface area contributed by atoms with Gasteiger partial charge in [0.2, 0.25) is 5.78 Å². The molecule has 0 aliphatic carbocycles. The third-order valence-corrected chi connectivity index (χ3v) is 5.49. The van der Waals surface area contributed by atoms with Crippen LogP contribution in [-0.4, -0.2) is 24.9 Å². The van der Waals surface area contributed by atoms with Crippen molar-refractivity contribution in [2.45, 2.75) is 37.9 Å². The van der Waals surface area contributed by atoms with Crippen molar-refractivity contribution in [3.05, 3.63) is 45.7 Å². The number of unbranched alkanes of at least 4 members (excludes halogenated alkanes) is 2. The smallest absolute Gasteiger partial charge is 0.262 e. The number of aromatic nitrogens is 4. The molecule has 2 aromatic heterocycles. The van der Waals surface area contributed by atoms with E-state index in [4.69, 9.17) is 0 Å². The Morgan fingerprint density at radius 1 is 1.29 bits per heavy atom. The van der Waals surface area contributed by atoms with E-state index in [9.17, 15) is 4.79 Å². The number of para-hydroxylation sites is 1. The number of benzene rings is 1. The normalized spacial score (nSPS) is 11.4. The van der Waals surface area contributed by atoms with Crippen molar-refractivity contribution in [3.8, 4) is 0 Å². The summed E-state index contributed by atoms with van der Waals surface area (Å²) in [6, 6.07) is 7.63. The monoisotopic (exact) mass is 406 g/mol. The third-order valence-electron chi connectivity index (χ3n) is 3.82. The van der Waals surface area contributed by atoms with Crippen LogP contribution in [0.25, 0.3) is 16.7 Å². The first kappa shape index (κ1) is 17.2. The highest BCUT2D eigenvalue weighted by atomic mass is 79.9. The van der Waals surface area contributed by atoms with E-state index in [0.29, 0.717) is 23.5 Å². The fourth-order valence-corrected chi connectivity index (χ4v) is 3.73. The molecule has 0 fully saturated rings. The summed E-state index contributed by atoms with van der Waals surface area (Å²) < 4.78 is 4.62. The molecule has 0 bridgehead atoms. The summed E-state index contributed by atoms with van der Waals surface area (Å²) in [6.45, 7) is 6.67. The van der Waals surface area contributed by atoms with Gasteiger partial charge in [-0.1, -0.05) is 66.2 Å². The zero-order chi connectivity index (χ0) is 17.1. The molecule has 0 saturated carbocycles. The van der Waals surface area contributed by atoms with Crippen LogP contribution in [0.2, 0.25) is 0 Å². The molecule has 0 aliphatic rings. The first-order valence-corrected chi connectivity index (χ1v) is 9.74. The summed E-state index contributed by atoms with van der Waals surface area (Å²) in [7, 11) is 0. The van der Waals surface area contributed by atoms with Gasteiger partial charge >= 0.3 is 0 Å². The zero-order valence-corrected chi connectivity index (χ0v) is 15.9. The van der Waals surface area contributed by atoms with Crippen molar-refractivity contribution in [1.82, 2.24) is 19.2 Å². The number of rotatable bonds is 7. The van der Waals surface area contributed by atoms with Crippen molar-refractivity contribution < 1.29 is 0 Å². The van der Waals surface area contributed by atoms with Gasteiger partial charge in [-0.15, -0.1) is 10.2 Å². The molecule has 5 nitrogen and oxygen atoms in total. The van der Waals surface area contributed by atoms with Gasteiger partial charge in [0, 0.05) is 12.3 Å². The fourth-order valence-electron chi connectivity index (χ4n) is 2.69. The van der Waals surface area contributed by atoms with Crippen LogP contribution >= 0.6 is 27.7 Å². The van der Waals surface area contributed by atoms with Crippen LogP contribution in [0.5, 0.6) is 0 Å². The van der Waals surface area contributed by atoms with Crippen LogP contribution in [-0.2, 0) is 6.54 Å². The molecule has 0 N–H and O–H groups in total. The van der Waals surface area contributed by atoms with Crippen molar-refractivity contribution in [3.63, 3.8) is 0 Å². The predicted molar refractivity (Wildman–Crippen MR) is 103 cm³/mol. The molecule has 24 heavy (non-hydrogen) atoms. The molecule has 0 spiro atoms. The Hall–Kier alpha value is -1.60. The Morgan fingerprint density at radius 2 is 2.08 bits per heavy atom. The highest BCUT2D eigenvalue weighted by molar-refractivity contribution is 9.11. The van der Waals surface area contributed by atoms with Gasteiger partial charge in [0.15, 0.2) is 5.16 Å². The molecule has 0 amide bonds. The quantitative estimate of drug-likeness (QED) is 0.434. The second kappa shape index (κ2) is 7.53. The largest absolute Gasteiger partial charge is 0.276 e. The zero-order valence-electron chi connectivity index (χ0n) is 13.5. The lowest BCUT2D eigenvalue weighted by Crippen LogP contribution is -2.23. The Labute approximate surface area is 152 Å². The topological polar surface area (TPSA) is 52.2 Å². The summed E-state index contributed by atoms with van der Waals surface area (Å²) in [5.74, 6) is 1.31. The molecule has 1 aromatic carbocycles. The van der Waals surface area contributed by atoms with E-state index >= 15 is 0 Å². The van der Waals surface area contributed by atoms with Crippen LogP contribution in [0.1, 0.15) is 26.2 Å². The summed E-state index contributed by atoms with van der Waals surface area (Å²) in [5.41, 5.74) is 0.847. The lowest BCUT2D eigenvalue weighted by atomic mass is 10.2. The van der Waals surface area contributed by atoms with E-state index in [0.717, 1.165) is 34.4 Å². The Kier molecular flexibility index (Phi) is 5.40. The van der Waals surface area contributed by atoms with Gasteiger partial charge in [-0.05, 0) is 23.0 Å². The van der Waals surface area contributed by atoms with Crippen molar-refractivity contribution in [2.75, 3.05) is 5.75 Å². The van der Waals surface area contributed by atoms with E-state index in [1.807, 2.05) is 28.7 Å². The van der Waals surface area contributed by atoms with Crippen LogP contribution in [0.4, 0.5) is 0 Å². The molecule has 3 aromatic rings. The van der Waals surface area contributed by atoms with Crippen molar-refractivity contribution >= 4 is 44.4 Å². The summed E-state index contributed by atoms with van der Waals surface area (Å²) in [4.78, 5) is 12.9. The minimum absolute atomic E-state index is 0.00283. The van der Waals surface area contributed by atoms with E-state index in [-0.39, 0.29) is 5.56 Å². The molecular formula is C17H19BrN4OS. The van der Waals surface area contributed by atoms with Crippen molar-refractivity contribution in [2.24, 2.45) is 0 Å². The summed E-state index contributed by atoms with van der Waals surface area (Å²) in [6.07, 6.45) is 3.16. The van der Waals surface area contributed by atoms with Gasteiger partial charge in [-0.3, -0.25) is 13.8 Å². The van der Waals surface area contributed by atoms with Gasteiger partial charge in [0.1, 0.15) is 0 Å². The molecule has 3 rings (SSSR count). The predicted octanol–water partition coefficient (Wildman–Crippen LogP) is 4.24. The highest BCUT2D eigenvalue weighted by Gasteiger charge is 2.16. The maximum absolute atomic E-state index is 12.9. The average Bonchev–Trinajstić information content (AvgIpc) is 3.00. The number of hydrogen-bond donors (Lipinski definition) is 0. The minimum Gasteiger partial charge on any atom is -0.276 e. The standard InChI is InChI=1S/C17H19BrN4OS/c1-3-4-7-10-21-15(23)13-8-5-6-9-14(13)22-16(21)19-20-17(22)24-11-12(2)18/h5-6,8-9H,2-4,7,10-11H2,1H3. The molecule has 2 heterocycles. The minimum atomic E-state index is 0.00283. The Morgan fingerprint density at radius 3 is 2.83 bits per heavy atom. The molecule has 0 saturated heterocycles. The summed E-state index contributed by atoms with van der Waals surface area (Å²) in [5, 5.41) is 10.1. The van der Waals surface area contributed by atoms with Gasteiger partial charge in [0.25, 0.3) is 5.56 Å². The SMILES string of the molecule is C=C(Br)CSc1nnc2n(CCCCC)c(=O)c3ccccc3n12. The first-order chi connectivity index (χ1) is 11.6. The lowest BCUT2D eigenvalue weighted by Gasteiger charge is -2.11. The molecule has 0 aliphatic heterocycles. The second-order valence-electron chi connectivity index (χ2n) is 5.60. The highest BCUT2D eigenvalue weighted by Crippen LogP contribution is 2.24. The lowest BCUT2D eigenvalue weighted by molar-refractivity contribution is 0.594. The van der Waals surface area contributed by atoms with Crippen LogP contribution in [0.3, 0.4) is 0 Å². The summed E-state index contributed by atoms with van der Waals surface area (Å²) >= 11 is 4.92. The Bertz CT molecular complexity index is 947. The number of aryl methyl sites for hydroxylation is 1. The maximum Gasteiger partial charge on any atom is 0.262 e. The fraction of sp³-hybridized carbons (Fsp3) is 0.353. The van der Waals surface area contributed by atoms with E-state index in [2.05, 4.69) is 39.6 Å². The van der Waals surface area contributed by atoms with Crippen molar-refractivity contribution in [1.29, 1.82) is 0 Å². The van der Waals surface area contributed by atoms with E-state index in [1.54, 1.807) is 16.3 Å². The number of fused-ring (bicyclic) bond motifs is 3. The molecule has 126 valence electrons.